The zero-order valence-electron chi connectivity index (χ0n) is 10.6. The fraction of sp³-hybridized carbons (Fsp3) is 0.818. The average molecular weight is 245 g/mol. The molecule has 1 aliphatic heterocycles. The molecule has 1 heterocycles. The van der Waals surface area contributed by atoms with Crippen molar-refractivity contribution in [2.75, 3.05) is 13.2 Å². The second kappa shape index (κ2) is 4.91. The van der Waals surface area contributed by atoms with Gasteiger partial charge in [0.1, 0.15) is 5.60 Å². The Labute approximate surface area is 100 Å². The highest BCUT2D eigenvalue weighted by Crippen LogP contribution is 2.18. The number of carbonyl (C=O) groups excluding carboxylic acids is 1. The average Bonchev–Trinajstić information content (AvgIpc) is 2.13. The van der Waals surface area contributed by atoms with E-state index in [1.54, 1.807) is 27.7 Å². The molecule has 1 rings (SSSR count). The highest BCUT2D eigenvalue weighted by atomic mass is 16.6. The summed E-state index contributed by atoms with van der Waals surface area (Å²) in [7, 11) is 0. The van der Waals surface area contributed by atoms with Crippen LogP contribution in [0.3, 0.4) is 0 Å². The van der Waals surface area contributed by atoms with Gasteiger partial charge in [-0.15, -0.1) is 0 Å². The molecular formula is C11H19NO5. The summed E-state index contributed by atoms with van der Waals surface area (Å²) in [5.74, 6) is -1.08. The molecule has 0 aliphatic carbocycles. The molecule has 6 nitrogen and oxygen atoms in total. The van der Waals surface area contributed by atoms with Gasteiger partial charge in [0, 0.05) is 6.54 Å². The highest BCUT2D eigenvalue weighted by Gasteiger charge is 2.39. The van der Waals surface area contributed by atoms with Gasteiger partial charge in [-0.2, -0.15) is 0 Å². The number of nitrogens with zero attached hydrogens (tertiary/aromatic N) is 1. The van der Waals surface area contributed by atoms with Gasteiger partial charge >= 0.3 is 12.1 Å². The van der Waals surface area contributed by atoms with E-state index >= 15 is 0 Å². The van der Waals surface area contributed by atoms with Crippen LogP contribution in [0.1, 0.15) is 27.7 Å². The van der Waals surface area contributed by atoms with Gasteiger partial charge in [-0.05, 0) is 27.7 Å². The lowest BCUT2D eigenvalue weighted by molar-refractivity contribution is -0.154. The number of carboxylic acids is 1. The molecule has 1 N–H and O–H groups in total. The molecule has 1 amide bonds. The molecule has 0 bridgehead atoms. The van der Waals surface area contributed by atoms with Gasteiger partial charge in [-0.25, -0.2) is 9.59 Å². The Hall–Kier alpha value is -1.30. The molecule has 0 aromatic heterocycles. The first-order valence-electron chi connectivity index (χ1n) is 5.56. The number of ether oxygens (including phenoxy) is 2. The number of aliphatic carboxylic acids is 1. The van der Waals surface area contributed by atoms with Crippen LogP contribution in [-0.4, -0.2) is 53.0 Å². The molecule has 17 heavy (non-hydrogen) atoms. The molecule has 2 atom stereocenters. The van der Waals surface area contributed by atoms with Crippen molar-refractivity contribution in [3.8, 4) is 0 Å². The fourth-order valence-electron chi connectivity index (χ4n) is 1.68. The molecule has 0 unspecified atom stereocenters. The lowest BCUT2D eigenvalue weighted by atomic mass is 10.1. The van der Waals surface area contributed by atoms with Crippen molar-refractivity contribution >= 4 is 12.1 Å². The number of carboxylic acid groups (broad SMARTS) is 1. The molecule has 6 heteroatoms. The minimum absolute atomic E-state index is 0.232. The first-order valence-corrected chi connectivity index (χ1v) is 5.56. The summed E-state index contributed by atoms with van der Waals surface area (Å²) < 4.78 is 10.4. The SMILES string of the molecule is C[C@H]1OCCN(C(=O)OC(C)(C)C)[C@@H]1C(=O)O. The van der Waals surface area contributed by atoms with E-state index in [2.05, 4.69) is 0 Å². The number of hydrogen-bond acceptors (Lipinski definition) is 4. The topological polar surface area (TPSA) is 76.1 Å². The molecule has 1 fully saturated rings. The lowest BCUT2D eigenvalue weighted by Crippen LogP contribution is -2.57. The molecule has 0 radical (unpaired) electrons. The maximum Gasteiger partial charge on any atom is 0.411 e. The zero-order valence-corrected chi connectivity index (χ0v) is 10.6. The van der Waals surface area contributed by atoms with E-state index < -0.39 is 29.8 Å². The van der Waals surface area contributed by atoms with Gasteiger partial charge in [0.15, 0.2) is 6.04 Å². The summed E-state index contributed by atoms with van der Waals surface area (Å²) in [5, 5.41) is 9.10. The standard InChI is InChI=1S/C11H19NO5/c1-7-8(9(13)14)12(5-6-16-7)10(15)17-11(2,3)4/h7-8H,5-6H2,1-4H3,(H,13,14)/t7-,8+/m1/s1. The maximum atomic E-state index is 11.9. The summed E-state index contributed by atoms with van der Waals surface area (Å²) >= 11 is 0. The van der Waals surface area contributed by atoms with Gasteiger partial charge in [0.05, 0.1) is 12.7 Å². The maximum absolute atomic E-state index is 11.9. The van der Waals surface area contributed by atoms with Crippen LogP contribution in [0.25, 0.3) is 0 Å². The second-order valence-corrected chi connectivity index (χ2v) is 5.03. The molecule has 0 aromatic carbocycles. The van der Waals surface area contributed by atoms with Crippen LogP contribution in [0.5, 0.6) is 0 Å². The predicted octanol–water partition coefficient (Wildman–Crippen LogP) is 1.10. The Kier molecular flexibility index (Phi) is 3.98. The molecule has 0 spiro atoms. The van der Waals surface area contributed by atoms with Crippen molar-refractivity contribution in [2.24, 2.45) is 0 Å². The third kappa shape index (κ3) is 3.59. The van der Waals surface area contributed by atoms with Crippen molar-refractivity contribution < 1.29 is 24.2 Å². The van der Waals surface area contributed by atoms with Crippen LogP contribution >= 0.6 is 0 Å². The quantitative estimate of drug-likeness (QED) is 0.748. The number of hydrogen-bond donors (Lipinski definition) is 1. The van der Waals surface area contributed by atoms with Crippen LogP contribution in [0.4, 0.5) is 4.79 Å². The van der Waals surface area contributed by atoms with Gasteiger partial charge in [0.25, 0.3) is 0 Å². The summed E-state index contributed by atoms with van der Waals surface area (Å²) in [6, 6.07) is -0.987. The monoisotopic (exact) mass is 245 g/mol. The Morgan fingerprint density at radius 2 is 2.00 bits per heavy atom. The van der Waals surface area contributed by atoms with Gasteiger partial charge in [-0.3, -0.25) is 4.90 Å². The predicted molar refractivity (Wildman–Crippen MR) is 59.8 cm³/mol. The summed E-state index contributed by atoms with van der Waals surface area (Å²) in [4.78, 5) is 24.2. The summed E-state index contributed by atoms with van der Waals surface area (Å²) in [6.07, 6.45) is -1.14. The molecule has 0 saturated carbocycles. The Morgan fingerprint density at radius 3 is 2.47 bits per heavy atom. The van der Waals surface area contributed by atoms with Gasteiger partial charge in [0.2, 0.25) is 0 Å². The lowest BCUT2D eigenvalue weighted by Gasteiger charge is -2.37. The van der Waals surface area contributed by atoms with Crippen LogP contribution in [0, 0.1) is 0 Å². The van der Waals surface area contributed by atoms with Crippen LogP contribution in [-0.2, 0) is 14.3 Å². The Morgan fingerprint density at radius 1 is 1.41 bits per heavy atom. The summed E-state index contributed by atoms with van der Waals surface area (Å²) in [6.45, 7) is 7.41. The zero-order chi connectivity index (χ0) is 13.2. The van der Waals surface area contributed by atoms with E-state index in [0.29, 0.717) is 6.61 Å². The van der Waals surface area contributed by atoms with E-state index in [1.165, 1.54) is 4.90 Å². The van der Waals surface area contributed by atoms with Gasteiger partial charge < -0.3 is 14.6 Å². The molecule has 1 saturated heterocycles. The highest BCUT2D eigenvalue weighted by molar-refractivity contribution is 5.81. The van der Waals surface area contributed by atoms with Crippen molar-refractivity contribution in [2.45, 2.75) is 45.4 Å². The van der Waals surface area contributed by atoms with Crippen LogP contribution in [0.2, 0.25) is 0 Å². The summed E-state index contributed by atoms with van der Waals surface area (Å²) in [5.41, 5.74) is -0.637. The second-order valence-electron chi connectivity index (χ2n) is 5.03. The van der Waals surface area contributed by atoms with Crippen molar-refractivity contribution in [1.29, 1.82) is 0 Å². The third-order valence-corrected chi connectivity index (χ3v) is 2.37. The van der Waals surface area contributed by atoms with E-state index in [4.69, 9.17) is 14.6 Å². The molecule has 0 aromatic rings. The number of rotatable bonds is 1. The normalized spacial score (nSPS) is 25.5. The largest absolute Gasteiger partial charge is 0.480 e. The molecule has 98 valence electrons. The smallest absolute Gasteiger partial charge is 0.411 e. The van der Waals surface area contributed by atoms with Crippen LogP contribution < -0.4 is 0 Å². The van der Waals surface area contributed by atoms with Gasteiger partial charge in [-0.1, -0.05) is 0 Å². The molecule has 1 aliphatic rings. The molecular weight excluding hydrogens is 226 g/mol. The fourth-order valence-corrected chi connectivity index (χ4v) is 1.68. The van der Waals surface area contributed by atoms with E-state index in [0.717, 1.165) is 0 Å². The van der Waals surface area contributed by atoms with Crippen LogP contribution in [0.15, 0.2) is 0 Å². The number of morpholine rings is 1. The van der Waals surface area contributed by atoms with Crippen molar-refractivity contribution in [3.05, 3.63) is 0 Å². The number of amides is 1. The first-order chi connectivity index (χ1) is 7.72. The number of carbonyl (C=O) groups is 2. The minimum Gasteiger partial charge on any atom is -0.480 e. The Bertz CT molecular complexity index is 309. The minimum atomic E-state index is -1.08. The van der Waals surface area contributed by atoms with Crippen molar-refractivity contribution in [1.82, 2.24) is 4.90 Å². The van der Waals surface area contributed by atoms with E-state index in [9.17, 15) is 9.59 Å². The van der Waals surface area contributed by atoms with Crippen molar-refractivity contribution in [3.63, 3.8) is 0 Å². The van der Waals surface area contributed by atoms with E-state index in [1.807, 2.05) is 0 Å². The third-order valence-electron chi connectivity index (χ3n) is 2.37. The first kappa shape index (κ1) is 13.8. The van der Waals surface area contributed by atoms with E-state index in [-0.39, 0.29) is 6.54 Å². The Balaban J connectivity index is 2.79.